The Morgan fingerprint density at radius 2 is 1.90 bits per heavy atom. The van der Waals surface area contributed by atoms with Crippen molar-refractivity contribution in [3.05, 3.63) is 35.8 Å². The Kier molecular flexibility index (Phi) is 7.73. The number of benzene rings is 1. The Morgan fingerprint density at radius 1 is 1.24 bits per heavy atom. The van der Waals surface area contributed by atoms with E-state index in [0.717, 1.165) is 16.5 Å². The van der Waals surface area contributed by atoms with Gasteiger partial charge in [-0.1, -0.05) is 0 Å². The van der Waals surface area contributed by atoms with E-state index in [1.54, 1.807) is 11.0 Å². The maximum Gasteiger partial charge on any atom is 0.410 e. The van der Waals surface area contributed by atoms with E-state index in [1.807, 2.05) is 31.9 Å². The molecule has 1 aromatic carbocycles. The molecule has 2 aromatic rings. The summed E-state index contributed by atoms with van der Waals surface area (Å²) in [5.41, 5.74) is 7.54. The number of rotatable bonds is 3. The molecule has 3 rings (SSSR count). The molecule has 1 aliphatic heterocycles. The monoisotopic (exact) mass is 517 g/mol. The summed E-state index contributed by atoms with van der Waals surface area (Å²) >= 11 is 0. The fourth-order valence-corrected chi connectivity index (χ4v) is 3.19. The van der Waals surface area contributed by atoms with Gasteiger partial charge in [0.05, 0.1) is 0 Å². The number of hydrogen-bond donors (Lipinski definition) is 2. The maximum atomic E-state index is 13.5. The Hall–Kier alpha value is -2.04. The summed E-state index contributed by atoms with van der Waals surface area (Å²) in [6.07, 6.45) is 2.26. The summed E-state index contributed by atoms with van der Waals surface area (Å²) in [4.78, 5) is 23.4. The zero-order chi connectivity index (χ0) is 20.3. The van der Waals surface area contributed by atoms with Crippen molar-refractivity contribution >= 4 is 46.9 Å². The number of fused-ring (bicyclic) bond motifs is 1. The van der Waals surface area contributed by atoms with Gasteiger partial charge >= 0.3 is 6.09 Å². The second-order valence-electron chi connectivity index (χ2n) is 7.95. The molecule has 0 spiro atoms. The van der Waals surface area contributed by atoms with Gasteiger partial charge in [-0.05, 0) is 51.0 Å². The number of aromatic amines is 1. The molecule has 1 aromatic heterocycles. The molecule has 1 amide bonds. The number of piperazine rings is 1. The first kappa shape index (κ1) is 23.2. The lowest BCUT2D eigenvalue weighted by molar-refractivity contribution is 0.0186. The highest BCUT2D eigenvalue weighted by molar-refractivity contribution is 14.0. The molecule has 0 aliphatic carbocycles. The SMILES string of the molecule is CC(C)(C)OC(=O)N1CCN(C(N)=NCCc2c[nH]c3ccc(F)cc23)CC1.I. The summed E-state index contributed by atoms with van der Waals surface area (Å²) in [5, 5.41) is 0.875. The molecular weight excluding hydrogens is 488 g/mol. The molecule has 0 radical (unpaired) electrons. The van der Waals surface area contributed by atoms with Crippen molar-refractivity contribution in [1.82, 2.24) is 14.8 Å². The third kappa shape index (κ3) is 6.22. The van der Waals surface area contributed by atoms with Crippen LogP contribution in [0.5, 0.6) is 0 Å². The van der Waals surface area contributed by atoms with Gasteiger partial charge in [0.25, 0.3) is 0 Å². The minimum atomic E-state index is -0.500. The second-order valence-corrected chi connectivity index (χ2v) is 7.95. The van der Waals surface area contributed by atoms with Crippen LogP contribution in [-0.2, 0) is 11.2 Å². The highest BCUT2D eigenvalue weighted by Crippen LogP contribution is 2.20. The zero-order valence-corrected chi connectivity index (χ0v) is 19.4. The number of aliphatic imine (C=N–C) groups is 1. The molecule has 29 heavy (non-hydrogen) atoms. The van der Waals surface area contributed by atoms with Crippen molar-refractivity contribution in [1.29, 1.82) is 0 Å². The first-order valence-corrected chi connectivity index (χ1v) is 9.51. The molecule has 0 bridgehead atoms. The highest BCUT2D eigenvalue weighted by Gasteiger charge is 2.26. The van der Waals surface area contributed by atoms with Gasteiger partial charge in [-0.15, -0.1) is 24.0 Å². The van der Waals surface area contributed by atoms with E-state index in [1.165, 1.54) is 12.1 Å². The van der Waals surface area contributed by atoms with E-state index >= 15 is 0 Å². The van der Waals surface area contributed by atoms with E-state index in [9.17, 15) is 9.18 Å². The second kappa shape index (κ2) is 9.64. The number of ether oxygens (including phenoxy) is 1. The van der Waals surface area contributed by atoms with Gasteiger partial charge in [0.1, 0.15) is 11.4 Å². The number of carbonyl (C=O) groups is 1. The van der Waals surface area contributed by atoms with Crippen molar-refractivity contribution in [2.24, 2.45) is 10.7 Å². The molecule has 0 unspecified atom stereocenters. The highest BCUT2D eigenvalue weighted by atomic mass is 127. The molecule has 3 N–H and O–H groups in total. The number of guanidine groups is 1. The minimum Gasteiger partial charge on any atom is -0.444 e. The summed E-state index contributed by atoms with van der Waals surface area (Å²) in [7, 11) is 0. The number of amides is 1. The molecule has 7 nitrogen and oxygen atoms in total. The van der Waals surface area contributed by atoms with E-state index < -0.39 is 5.60 Å². The number of aromatic nitrogens is 1. The minimum absolute atomic E-state index is 0. The van der Waals surface area contributed by atoms with Gasteiger partial charge < -0.3 is 25.3 Å². The van der Waals surface area contributed by atoms with Gasteiger partial charge in [0.15, 0.2) is 5.96 Å². The van der Waals surface area contributed by atoms with E-state index in [2.05, 4.69) is 9.98 Å². The number of carbonyl (C=O) groups excluding carboxylic acids is 1. The number of nitrogens with one attached hydrogen (secondary N) is 1. The molecule has 160 valence electrons. The molecule has 2 heterocycles. The third-order valence-electron chi connectivity index (χ3n) is 4.64. The van der Waals surface area contributed by atoms with Crippen molar-refractivity contribution in [2.75, 3.05) is 32.7 Å². The summed E-state index contributed by atoms with van der Waals surface area (Å²) in [5.74, 6) is 0.217. The van der Waals surface area contributed by atoms with Crippen LogP contribution in [0.4, 0.5) is 9.18 Å². The van der Waals surface area contributed by atoms with Crippen LogP contribution in [0.3, 0.4) is 0 Å². The number of nitrogens with two attached hydrogens (primary N) is 1. The van der Waals surface area contributed by atoms with Crippen LogP contribution in [-0.4, -0.2) is 65.2 Å². The summed E-state index contributed by atoms with van der Waals surface area (Å²) in [6, 6.07) is 4.70. The quantitative estimate of drug-likeness (QED) is 0.372. The molecule has 1 fully saturated rings. The average Bonchev–Trinajstić information content (AvgIpc) is 3.02. The van der Waals surface area contributed by atoms with Crippen LogP contribution >= 0.6 is 24.0 Å². The fourth-order valence-electron chi connectivity index (χ4n) is 3.19. The van der Waals surface area contributed by atoms with Gasteiger partial charge in [-0.2, -0.15) is 0 Å². The van der Waals surface area contributed by atoms with Crippen molar-refractivity contribution in [3.63, 3.8) is 0 Å². The van der Waals surface area contributed by atoms with Crippen molar-refractivity contribution < 1.29 is 13.9 Å². The first-order chi connectivity index (χ1) is 13.2. The van der Waals surface area contributed by atoms with E-state index in [-0.39, 0.29) is 35.9 Å². The van der Waals surface area contributed by atoms with Gasteiger partial charge in [-0.3, -0.25) is 4.99 Å². The van der Waals surface area contributed by atoms with Gasteiger partial charge in [0, 0.05) is 49.8 Å². The van der Waals surface area contributed by atoms with E-state index in [4.69, 9.17) is 10.5 Å². The van der Waals surface area contributed by atoms with Gasteiger partial charge in [-0.25, -0.2) is 9.18 Å². The zero-order valence-electron chi connectivity index (χ0n) is 17.1. The summed E-state index contributed by atoms with van der Waals surface area (Å²) < 4.78 is 18.9. The molecule has 0 atom stereocenters. The fraction of sp³-hybridized carbons (Fsp3) is 0.500. The Labute approximate surface area is 187 Å². The smallest absolute Gasteiger partial charge is 0.410 e. The lowest BCUT2D eigenvalue weighted by atomic mass is 10.1. The molecule has 1 aliphatic rings. The lowest BCUT2D eigenvalue weighted by Gasteiger charge is -2.36. The Balaban J connectivity index is 0.00000300. The Morgan fingerprint density at radius 3 is 2.55 bits per heavy atom. The van der Waals surface area contributed by atoms with Crippen LogP contribution in [0.2, 0.25) is 0 Å². The first-order valence-electron chi connectivity index (χ1n) is 9.51. The van der Waals surface area contributed by atoms with Crippen LogP contribution in [0, 0.1) is 5.82 Å². The molecular formula is C20H29FIN5O2. The van der Waals surface area contributed by atoms with Crippen molar-refractivity contribution in [3.8, 4) is 0 Å². The topological polar surface area (TPSA) is 86.9 Å². The van der Waals surface area contributed by atoms with Crippen molar-refractivity contribution in [2.45, 2.75) is 32.8 Å². The largest absolute Gasteiger partial charge is 0.444 e. The number of H-pyrrole nitrogens is 1. The third-order valence-corrected chi connectivity index (χ3v) is 4.64. The van der Waals surface area contributed by atoms with Crippen LogP contribution in [0.15, 0.2) is 29.4 Å². The van der Waals surface area contributed by atoms with Crippen LogP contribution < -0.4 is 5.73 Å². The number of hydrogen-bond acceptors (Lipinski definition) is 3. The molecule has 0 saturated carbocycles. The number of halogens is 2. The predicted molar refractivity (Wildman–Crippen MR) is 123 cm³/mol. The predicted octanol–water partition coefficient (Wildman–Crippen LogP) is 3.33. The van der Waals surface area contributed by atoms with Crippen LogP contribution in [0.1, 0.15) is 26.3 Å². The van der Waals surface area contributed by atoms with Crippen LogP contribution in [0.25, 0.3) is 10.9 Å². The molecule has 1 saturated heterocycles. The standard InChI is InChI=1S/C20H28FN5O2.HI/c1-20(2,3)28-19(27)26-10-8-25(9-11-26)18(22)23-7-6-14-13-24-17-5-4-15(21)12-16(14)17;/h4-5,12-13,24H,6-11H2,1-3H3,(H2,22,23);1H. The molecule has 9 heteroatoms. The normalized spacial score (nSPS) is 15.4. The Bertz CT molecular complexity index is 869. The average molecular weight is 517 g/mol. The number of nitrogens with zero attached hydrogens (tertiary/aromatic N) is 3. The van der Waals surface area contributed by atoms with Gasteiger partial charge in [0.2, 0.25) is 0 Å². The summed E-state index contributed by atoms with van der Waals surface area (Å²) in [6.45, 7) is 8.41. The lowest BCUT2D eigenvalue weighted by Crippen LogP contribution is -2.53. The maximum absolute atomic E-state index is 13.5. The van der Waals surface area contributed by atoms with E-state index in [0.29, 0.717) is 45.1 Å².